The van der Waals surface area contributed by atoms with Crippen LogP contribution in [0.15, 0.2) is 60.7 Å². The maximum absolute atomic E-state index is 14.8. The van der Waals surface area contributed by atoms with Crippen LogP contribution < -0.4 is 0 Å². The van der Waals surface area contributed by atoms with Gasteiger partial charge in [-0.1, -0.05) is 48.5 Å². The summed E-state index contributed by atoms with van der Waals surface area (Å²) in [5.74, 6) is -85.0. The molecule has 51 heavy (non-hydrogen) atoms. The van der Waals surface area contributed by atoms with Gasteiger partial charge in [-0.25, -0.2) is 4.79 Å². The molecule has 0 saturated heterocycles. The van der Waals surface area contributed by atoms with Crippen LogP contribution in [0.1, 0.15) is 27.1 Å². The zero-order chi connectivity index (χ0) is 40.1. The largest absolute Gasteiger partial charge is 0.461 e. The molecule has 0 aliphatic heterocycles. The van der Waals surface area contributed by atoms with E-state index in [1.807, 2.05) is 0 Å². The van der Waals surface area contributed by atoms with Crippen molar-refractivity contribution in [3.8, 4) is 0 Å². The van der Waals surface area contributed by atoms with Gasteiger partial charge in [-0.05, 0) is 12.1 Å². The molecule has 0 aliphatic rings. The quantitative estimate of drug-likeness (QED) is 0.103. The van der Waals surface area contributed by atoms with Crippen molar-refractivity contribution in [3.63, 3.8) is 0 Å². The molecule has 2 aromatic rings. The van der Waals surface area contributed by atoms with Gasteiger partial charge >= 0.3 is 65.4 Å². The van der Waals surface area contributed by atoms with E-state index in [9.17, 15) is 102 Å². The summed E-state index contributed by atoms with van der Waals surface area (Å²) in [6.45, 7) is -1.82. The Morgan fingerprint density at radius 2 is 0.765 bits per heavy atom. The number of benzene rings is 2. The molecule has 0 amide bonds. The highest BCUT2D eigenvalue weighted by molar-refractivity contribution is 5.98. The molecule has 288 valence electrons. The molecule has 0 saturated carbocycles. The highest BCUT2D eigenvalue weighted by atomic mass is 19.4. The zero-order valence-electron chi connectivity index (χ0n) is 23.9. The Balaban J connectivity index is 2.62. The van der Waals surface area contributed by atoms with Crippen LogP contribution in [0.3, 0.4) is 0 Å². The molecule has 0 fully saturated rings. The Bertz CT molecular complexity index is 1540. The van der Waals surface area contributed by atoms with E-state index in [0.717, 1.165) is 42.5 Å². The number of Topliss-reactive ketones (excluding diaryl/α,β-unsaturated/α-hetero) is 1. The number of halogens is 21. The minimum absolute atomic E-state index is 0.440. The molecule has 0 heterocycles. The number of rotatable bonds is 15. The van der Waals surface area contributed by atoms with Crippen LogP contribution >= 0.6 is 0 Å². The molecule has 0 bridgehead atoms. The zero-order valence-corrected chi connectivity index (χ0v) is 23.9. The van der Waals surface area contributed by atoms with Crippen molar-refractivity contribution in [1.82, 2.24) is 0 Å². The number of carbonyl (C=O) groups excluding carboxylic acids is 2. The maximum atomic E-state index is 14.8. The molecule has 2 aromatic carbocycles. The highest BCUT2D eigenvalue weighted by Crippen LogP contribution is 2.66. The van der Waals surface area contributed by atoms with Gasteiger partial charge in [0, 0.05) is 12.0 Å². The second-order valence-electron chi connectivity index (χ2n) is 10.4. The number of alkyl halides is 21. The van der Waals surface area contributed by atoms with E-state index >= 15 is 0 Å². The minimum atomic E-state index is -9.30. The summed E-state index contributed by atoms with van der Waals surface area (Å²) in [7, 11) is 0. The van der Waals surface area contributed by atoms with Gasteiger partial charge in [0.1, 0.15) is 6.61 Å². The van der Waals surface area contributed by atoms with E-state index in [2.05, 4.69) is 4.74 Å². The van der Waals surface area contributed by atoms with Gasteiger partial charge in [-0.3, -0.25) is 4.79 Å². The fraction of sp³-hybridized carbons (Fsp3) is 0.481. The fourth-order valence-corrected chi connectivity index (χ4v) is 3.93. The first-order chi connectivity index (χ1) is 22.6. The van der Waals surface area contributed by atoms with Gasteiger partial charge in [0.2, 0.25) is 0 Å². The average molecular weight is 786 g/mol. The Morgan fingerprint density at radius 1 is 0.451 bits per heavy atom. The van der Waals surface area contributed by atoms with Gasteiger partial charge in [0.25, 0.3) is 0 Å². The summed E-state index contributed by atoms with van der Waals surface area (Å²) in [6.07, 6.45) is -11.3. The minimum Gasteiger partial charge on any atom is -0.461 e. The number of esters is 1. The van der Waals surface area contributed by atoms with Gasteiger partial charge in [-0.15, -0.1) is 0 Å². The molecule has 1 unspecified atom stereocenters. The van der Waals surface area contributed by atoms with E-state index in [0.29, 0.717) is 0 Å². The van der Waals surface area contributed by atoms with Crippen molar-refractivity contribution in [1.29, 1.82) is 0 Å². The van der Waals surface area contributed by atoms with Crippen LogP contribution in [-0.2, 0) is 4.74 Å². The summed E-state index contributed by atoms with van der Waals surface area (Å²) in [4.78, 5) is 24.9. The van der Waals surface area contributed by atoms with E-state index in [-0.39, 0.29) is 0 Å². The third kappa shape index (κ3) is 6.77. The Kier molecular flexibility index (Phi) is 11.3. The summed E-state index contributed by atoms with van der Waals surface area (Å²) >= 11 is 0. The summed E-state index contributed by atoms with van der Waals surface area (Å²) in [5.41, 5.74) is -1.22. The van der Waals surface area contributed by atoms with Crippen LogP contribution in [0.5, 0.6) is 0 Å². The molecular formula is C27H15F21O3. The lowest BCUT2D eigenvalue weighted by Crippen LogP contribution is -2.76. The van der Waals surface area contributed by atoms with Crippen molar-refractivity contribution in [2.24, 2.45) is 5.92 Å². The van der Waals surface area contributed by atoms with Gasteiger partial charge < -0.3 is 4.74 Å². The number of ether oxygens (including phenoxy) is 1. The molecule has 24 heteroatoms. The third-order valence-corrected chi connectivity index (χ3v) is 6.93. The van der Waals surface area contributed by atoms with Crippen molar-refractivity contribution in [3.05, 3.63) is 71.8 Å². The van der Waals surface area contributed by atoms with Crippen molar-refractivity contribution < 1.29 is 107 Å². The second-order valence-corrected chi connectivity index (χ2v) is 10.4. The summed E-state index contributed by atoms with van der Waals surface area (Å²) in [6, 6.07) is 10.1. The maximum Gasteiger partial charge on any atom is 0.460 e. The van der Waals surface area contributed by atoms with E-state index in [1.165, 1.54) is 18.2 Å². The monoisotopic (exact) mass is 786 g/mol. The Morgan fingerprint density at radius 3 is 1.12 bits per heavy atom. The molecule has 0 radical (unpaired) electrons. The highest BCUT2D eigenvalue weighted by Gasteiger charge is 2.97. The first-order valence-corrected chi connectivity index (χ1v) is 12.9. The number of carbonyl (C=O) groups is 2. The molecular weight excluding hydrogens is 771 g/mol. The standard InChI is InChI=1S/C27H15F21O3/c28-18(29,11-15(16(49)13-7-3-1-4-8-13)12-51-17(50)14-9-5-2-6-10-14)19(30,31)20(32,33)21(34,35)22(36,37)23(38,39)24(40,41)25(42,43)26(44,45)27(46,47)48/h1-10,15H,11-12H2. The van der Waals surface area contributed by atoms with Crippen LogP contribution in [0.2, 0.25) is 0 Å². The lowest BCUT2D eigenvalue weighted by Gasteiger charge is -2.44. The number of ketones is 1. The van der Waals surface area contributed by atoms with Gasteiger partial charge in [0.15, 0.2) is 5.78 Å². The van der Waals surface area contributed by atoms with Crippen molar-refractivity contribution >= 4 is 11.8 Å². The molecule has 1 atom stereocenters. The smallest absolute Gasteiger partial charge is 0.460 e. The van der Waals surface area contributed by atoms with Crippen LogP contribution in [0.4, 0.5) is 92.2 Å². The Labute approximate surface area is 269 Å². The van der Waals surface area contributed by atoms with Crippen LogP contribution in [0.25, 0.3) is 0 Å². The topological polar surface area (TPSA) is 43.4 Å². The lowest BCUT2D eigenvalue weighted by atomic mass is 9.83. The normalized spacial score (nSPS) is 15.4. The van der Waals surface area contributed by atoms with Gasteiger partial charge in [-0.2, -0.15) is 92.2 Å². The molecule has 0 aromatic heterocycles. The number of hydrogen-bond donors (Lipinski definition) is 0. The molecule has 3 nitrogen and oxygen atoms in total. The number of hydrogen-bond acceptors (Lipinski definition) is 3. The van der Waals surface area contributed by atoms with Gasteiger partial charge in [0.05, 0.1) is 11.5 Å². The second kappa shape index (κ2) is 13.3. The first-order valence-electron chi connectivity index (χ1n) is 12.9. The molecule has 0 N–H and O–H groups in total. The molecule has 0 spiro atoms. The van der Waals surface area contributed by atoms with E-state index in [1.54, 1.807) is 0 Å². The van der Waals surface area contributed by atoms with E-state index in [4.69, 9.17) is 0 Å². The van der Waals surface area contributed by atoms with Crippen LogP contribution in [0, 0.1) is 5.92 Å². The average Bonchev–Trinajstić information content (AvgIpc) is 3.01. The predicted molar refractivity (Wildman–Crippen MR) is 126 cm³/mol. The van der Waals surface area contributed by atoms with Crippen LogP contribution in [-0.4, -0.2) is 77.8 Å². The Hall–Kier alpha value is -3.89. The summed E-state index contributed by atoms with van der Waals surface area (Å²) in [5, 5.41) is 0. The molecule has 0 aliphatic carbocycles. The third-order valence-electron chi connectivity index (χ3n) is 6.93. The summed E-state index contributed by atoms with van der Waals surface area (Å²) < 4.78 is 293. The van der Waals surface area contributed by atoms with Crippen molar-refractivity contribution in [2.45, 2.75) is 65.9 Å². The molecule has 2 rings (SSSR count). The first kappa shape index (κ1) is 43.3. The fourth-order valence-electron chi connectivity index (χ4n) is 3.93. The lowest BCUT2D eigenvalue weighted by molar-refractivity contribution is -0.474. The predicted octanol–water partition coefficient (Wildman–Crippen LogP) is 10.0. The van der Waals surface area contributed by atoms with Crippen molar-refractivity contribution in [2.75, 3.05) is 6.61 Å². The SMILES string of the molecule is O=C(OCC(CC(F)(F)C(F)(F)C(F)(F)C(F)(F)C(F)(F)C(F)(F)C(F)(F)C(F)(F)C(F)(F)C(F)(F)F)C(=O)c1ccccc1)c1ccccc1. The van der Waals surface area contributed by atoms with E-state index < -0.39 is 101 Å².